The van der Waals surface area contributed by atoms with E-state index in [1.807, 2.05) is 32.0 Å². The van der Waals surface area contributed by atoms with Crippen LogP contribution in [0.5, 0.6) is 11.5 Å². The second-order valence-corrected chi connectivity index (χ2v) is 5.88. The maximum Gasteiger partial charge on any atom is 0.226 e. The third-order valence-electron chi connectivity index (χ3n) is 4.18. The molecule has 0 fully saturated rings. The highest BCUT2D eigenvalue weighted by molar-refractivity contribution is 5.76. The summed E-state index contributed by atoms with van der Waals surface area (Å²) in [6, 6.07) is 5.74. The average molecular weight is 330 g/mol. The van der Waals surface area contributed by atoms with Gasteiger partial charge in [0.15, 0.2) is 17.3 Å². The van der Waals surface area contributed by atoms with E-state index in [1.165, 1.54) is 0 Å². The number of hydrogen-bond acceptors (Lipinski definition) is 5. The van der Waals surface area contributed by atoms with E-state index in [2.05, 4.69) is 14.8 Å². The fourth-order valence-corrected chi connectivity index (χ4v) is 2.82. The van der Waals surface area contributed by atoms with Gasteiger partial charge >= 0.3 is 0 Å². The van der Waals surface area contributed by atoms with Gasteiger partial charge in [-0.15, -0.1) is 10.2 Å². The molecule has 1 aromatic heterocycles. The first-order chi connectivity index (χ1) is 11.6. The van der Waals surface area contributed by atoms with E-state index in [0.717, 1.165) is 23.8 Å². The lowest BCUT2D eigenvalue weighted by Gasteiger charge is -2.27. The number of hydrogen-bond donors (Lipinski definition) is 0. The highest BCUT2D eigenvalue weighted by Crippen LogP contribution is 2.27. The number of aromatic nitrogens is 3. The van der Waals surface area contributed by atoms with Crippen molar-refractivity contribution in [3.63, 3.8) is 0 Å². The van der Waals surface area contributed by atoms with E-state index in [1.54, 1.807) is 12.0 Å². The molecule has 0 unspecified atom stereocenters. The molecule has 0 saturated carbocycles. The summed E-state index contributed by atoms with van der Waals surface area (Å²) >= 11 is 0. The third kappa shape index (κ3) is 3.34. The van der Waals surface area contributed by atoms with Gasteiger partial charge in [-0.3, -0.25) is 4.79 Å². The summed E-state index contributed by atoms with van der Waals surface area (Å²) in [5.74, 6) is 3.14. The molecule has 0 aliphatic carbocycles. The van der Waals surface area contributed by atoms with E-state index in [4.69, 9.17) is 9.47 Å². The van der Waals surface area contributed by atoms with Crippen molar-refractivity contribution in [2.45, 2.75) is 33.4 Å². The minimum absolute atomic E-state index is 0.0629. The van der Waals surface area contributed by atoms with Crippen LogP contribution in [0.3, 0.4) is 0 Å². The van der Waals surface area contributed by atoms with Crippen molar-refractivity contribution in [3.8, 4) is 11.5 Å². The number of carbonyl (C=O) groups excluding carboxylic acids is 1. The number of ether oxygens (including phenoxy) is 2. The van der Waals surface area contributed by atoms with Crippen LogP contribution in [0.15, 0.2) is 18.2 Å². The van der Waals surface area contributed by atoms with Crippen LogP contribution in [0.4, 0.5) is 0 Å². The first-order valence-electron chi connectivity index (χ1n) is 8.02. The first-order valence-corrected chi connectivity index (χ1v) is 8.02. The van der Waals surface area contributed by atoms with Gasteiger partial charge in [0.05, 0.1) is 26.7 Å². The SMILES string of the molecule is COc1cc(C)ccc1OCCC(=O)N1CCn2c(C)nnc2C1. The number of fused-ring (bicyclic) bond motifs is 1. The highest BCUT2D eigenvalue weighted by atomic mass is 16.5. The largest absolute Gasteiger partial charge is 0.493 e. The maximum atomic E-state index is 12.4. The molecule has 0 saturated heterocycles. The summed E-state index contributed by atoms with van der Waals surface area (Å²) in [5.41, 5.74) is 1.10. The van der Waals surface area contributed by atoms with Crippen molar-refractivity contribution in [1.29, 1.82) is 0 Å². The molecule has 2 aromatic rings. The molecule has 0 atom stereocenters. The van der Waals surface area contributed by atoms with Crippen LogP contribution in [0.2, 0.25) is 0 Å². The molecule has 0 bridgehead atoms. The van der Waals surface area contributed by atoms with Crippen LogP contribution in [0, 0.1) is 13.8 Å². The number of aryl methyl sites for hydroxylation is 2. The Morgan fingerprint density at radius 1 is 1.21 bits per heavy atom. The Morgan fingerprint density at radius 3 is 2.83 bits per heavy atom. The predicted molar refractivity (Wildman–Crippen MR) is 88.0 cm³/mol. The molecule has 2 heterocycles. The lowest BCUT2D eigenvalue weighted by Crippen LogP contribution is -2.39. The Hall–Kier alpha value is -2.57. The molecule has 1 aliphatic rings. The Kier molecular flexibility index (Phi) is 4.69. The molecule has 0 radical (unpaired) electrons. The Labute approximate surface area is 141 Å². The number of methoxy groups -OCH3 is 1. The van der Waals surface area contributed by atoms with Gasteiger partial charge in [0, 0.05) is 13.1 Å². The molecule has 1 aromatic carbocycles. The summed E-state index contributed by atoms with van der Waals surface area (Å²) < 4.78 is 13.1. The van der Waals surface area contributed by atoms with Gasteiger partial charge in [0.1, 0.15) is 5.82 Å². The smallest absolute Gasteiger partial charge is 0.226 e. The van der Waals surface area contributed by atoms with E-state index < -0.39 is 0 Å². The van der Waals surface area contributed by atoms with Crippen LogP contribution in [-0.4, -0.2) is 45.8 Å². The minimum Gasteiger partial charge on any atom is -0.493 e. The van der Waals surface area contributed by atoms with Crippen molar-refractivity contribution in [1.82, 2.24) is 19.7 Å². The quantitative estimate of drug-likeness (QED) is 0.835. The summed E-state index contributed by atoms with van der Waals surface area (Å²) in [5, 5.41) is 8.18. The average Bonchev–Trinajstić information content (AvgIpc) is 2.96. The van der Waals surface area contributed by atoms with Crippen LogP contribution >= 0.6 is 0 Å². The highest BCUT2D eigenvalue weighted by Gasteiger charge is 2.23. The first kappa shape index (κ1) is 16.3. The second kappa shape index (κ2) is 6.90. The summed E-state index contributed by atoms with van der Waals surface area (Å²) in [6.07, 6.45) is 0.324. The van der Waals surface area contributed by atoms with Crippen molar-refractivity contribution in [3.05, 3.63) is 35.4 Å². The minimum atomic E-state index is 0.0629. The van der Waals surface area contributed by atoms with Gasteiger partial charge in [-0.05, 0) is 31.5 Å². The maximum absolute atomic E-state index is 12.4. The van der Waals surface area contributed by atoms with E-state index >= 15 is 0 Å². The number of carbonyl (C=O) groups is 1. The fraction of sp³-hybridized carbons (Fsp3) is 0.471. The van der Waals surface area contributed by atoms with Crippen molar-refractivity contribution < 1.29 is 14.3 Å². The fourth-order valence-electron chi connectivity index (χ4n) is 2.82. The topological polar surface area (TPSA) is 69.5 Å². The molecule has 7 heteroatoms. The van der Waals surface area contributed by atoms with E-state index in [9.17, 15) is 4.79 Å². The van der Waals surface area contributed by atoms with E-state index in [-0.39, 0.29) is 5.91 Å². The Morgan fingerprint density at radius 2 is 2.04 bits per heavy atom. The monoisotopic (exact) mass is 330 g/mol. The van der Waals surface area contributed by atoms with Gasteiger partial charge < -0.3 is 18.9 Å². The molecule has 24 heavy (non-hydrogen) atoms. The van der Waals surface area contributed by atoms with Gasteiger partial charge in [-0.1, -0.05) is 6.07 Å². The third-order valence-corrected chi connectivity index (χ3v) is 4.18. The normalized spacial score (nSPS) is 13.5. The molecular weight excluding hydrogens is 308 g/mol. The second-order valence-electron chi connectivity index (χ2n) is 5.88. The molecule has 128 valence electrons. The number of benzene rings is 1. The van der Waals surface area contributed by atoms with Gasteiger partial charge in [-0.25, -0.2) is 0 Å². The molecule has 0 spiro atoms. The Balaban J connectivity index is 1.53. The number of rotatable bonds is 5. The molecule has 0 N–H and O–H groups in total. The number of nitrogens with zero attached hydrogens (tertiary/aromatic N) is 4. The molecule has 7 nitrogen and oxygen atoms in total. The standard InChI is InChI=1S/C17H22N4O3/c1-12-4-5-14(15(10-12)23-3)24-9-6-17(22)20-7-8-21-13(2)18-19-16(21)11-20/h4-5,10H,6-9,11H2,1-3H3. The zero-order valence-corrected chi connectivity index (χ0v) is 14.3. The summed E-state index contributed by atoms with van der Waals surface area (Å²) in [7, 11) is 1.61. The van der Waals surface area contributed by atoms with Crippen molar-refractivity contribution in [2.24, 2.45) is 0 Å². The van der Waals surface area contributed by atoms with Gasteiger partial charge in [-0.2, -0.15) is 0 Å². The lowest BCUT2D eigenvalue weighted by molar-refractivity contribution is -0.133. The summed E-state index contributed by atoms with van der Waals surface area (Å²) in [6.45, 7) is 6.17. The van der Waals surface area contributed by atoms with Crippen LogP contribution in [0.1, 0.15) is 23.6 Å². The van der Waals surface area contributed by atoms with Crippen LogP contribution < -0.4 is 9.47 Å². The van der Waals surface area contributed by atoms with E-state index in [0.29, 0.717) is 37.6 Å². The predicted octanol–water partition coefficient (Wildman–Crippen LogP) is 1.71. The molecule has 1 aliphatic heterocycles. The summed E-state index contributed by atoms with van der Waals surface area (Å²) in [4.78, 5) is 14.2. The van der Waals surface area contributed by atoms with Gasteiger partial charge in [0.2, 0.25) is 5.91 Å². The zero-order chi connectivity index (χ0) is 17.1. The molecular formula is C17H22N4O3. The lowest BCUT2D eigenvalue weighted by atomic mass is 10.2. The van der Waals surface area contributed by atoms with Gasteiger partial charge in [0.25, 0.3) is 0 Å². The van der Waals surface area contributed by atoms with Crippen LogP contribution in [0.25, 0.3) is 0 Å². The van der Waals surface area contributed by atoms with Crippen molar-refractivity contribution >= 4 is 5.91 Å². The zero-order valence-electron chi connectivity index (χ0n) is 14.3. The molecule has 3 rings (SSSR count). The molecule has 1 amide bonds. The van der Waals surface area contributed by atoms with Crippen LogP contribution in [-0.2, 0) is 17.9 Å². The van der Waals surface area contributed by atoms with Crippen molar-refractivity contribution in [2.75, 3.05) is 20.3 Å². The Bertz CT molecular complexity index is 741. The number of amides is 1.